The van der Waals surface area contributed by atoms with Gasteiger partial charge in [-0.05, 0) is 154 Å². The number of ether oxygens (including phenoxy) is 1. The first kappa shape index (κ1) is 51.0. The average Bonchev–Trinajstić information content (AvgIpc) is 3.39. The molecule has 0 radical (unpaired) electrons. The number of aliphatic hydroxyl groups is 1. The van der Waals surface area contributed by atoms with E-state index in [4.69, 9.17) is 24.6 Å². The van der Waals surface area contributed by atoms with Crippen molar-refractivity contribution in [3.63, 3.8) is 0 Å². The first-order valence-corrected chi connectivity index (χ1v) is 31.9. The van der Waals surface area contributed by atoms with Crippen LogP contribution in [-0.2, 0) is 18.0 Å². The van der Waals surface area contributed by atoms with Crippen LogP contribution in [0, 0.1) is 23.2 Å². The Balaban J connectivity index is 1.95. The molecule has 5 nitrogen and oxygen atoms in total. The quantitative estimate of drug-likeness (QED) is 0.117. The highest BCUT2D eigenvalue weighted by Gasteiger charge is 2.52. The van der Waals surface area contributed by atoms with Gasteiger partial charge in [-0.2, -0.15) is 0 Å². The third-order valence-corrected chi connectivity index (χ3v) is 29.6. The van der Waals surface area contributed by atoms with Crippen molar-refractivity contribution in [3.05, 3.63) is 35.5 Å². The minimum atomic E-state index is -2.21. The number of hydrogen-bond acceptors (Lipinski definition) is 5. The molecule has 3 aliphatic carbocycles. The van der Waals surface area contributed by atoms with Gasteiger partial charge in [0.05, 0.1) is 17.8 Å². The molecule has 332 valence electrons. The van der Waals surface area contributed by atoms with Gasteiger partial charge in [0.25, 0.3) is 0 Å². The molecule has 0 amide bonds. The molecule has 8 heteroatoms. The van der Waals surface area contributed by atoms with E-state index >= 15 is 0 Å². The highest BCUT2D eigenvalue weighted by Crippen LogP contribution is 2.60. The summed E-state index contributed by atoms with van der Waals surface area (Å²) >= 11 is 0. The smallest absolute Gasteiger partial charge is 0.193 e. The van der Waals surface area contributed by atoms with E-state index in [2.05, 4.69) is 128 Å². The minimum Gasteiger partial charge on any atom is -0.417 e. The molecule has 0 aromatic carbocycles. The van der Waals surface area contributed by atoms with Crippen molar-refractivity contribution in [1.29, 1.82) is 0 Å². The van der Waals surface area contributed by atoms with Crippen molar-refractivity contribution < 1.29 is 23.1 Å². The van der Waals surface area contributed by atoms with Gasteiger partial charge >= 0.3 is 0 Å². The summed E-state index contributed by atoms with van der Waals surface area (Å²) in [4.78, 5) is 0. The summed E-state index contributed by atoms with van der Waals surface area (Å²) in [7, 11) is -6.14. The SMILES string of the molecule is C=C1/C(=C\C=C2/CCC[C@]3(C)[C@@H]([C@H](C)CCCC(C)(C)O)CC[C@@H]23)C[C@@H](O[Si](C)(C)C(C)(C)C)[C@H](OCCCCO[Si](C)(C)C(C)(C)C)[C@@H]1O[Si](C)(C)C(C)(C)C. The van der Waals surface area contributed by atoms with Gasteiger partial charge in [-0.15, -0.1) is 0 Å². The molecular weight excluding hydrogens is 753 g/mol. The molecule has 7 atom stereocenters. The monoisotopic (exact) mass is 847 g/mol. The van der Waals surface area contributed by atoms with Gasteiger partial charge in [0.1, 0.15) is 6.10 Å². The average molecular weight is 848 g/mol. The predicted octanol–water partition coefficient (Wildman–Crippen LogP) is 14.6. The lowest BCUT2D eigenvalue weighted by Crippen LogP contribution is -2.57. The maximum Gasteiger partial charge on any atom is 0.193 e. The molecule has 0 spiro atoms. The van der Waals surface area contributed by atoms with Crippen molar-refractivity contribution in [1.82, 2.24) is 0 Å². The minimum absolute atomic E-state index is 0.0506. The van der Waals surface area contributed by atoms with E-state index in [-0.39, 0.29) is 33.4 Å². The van der Waals surface area contributed by atoms with Gasteiger partial charge in [-0.25, -0.2) is 0 Å². The largest absolute Gasteiger partial charge is 0.417 e. The molecule has 3 aliphatic rings. The van der Waals surface area contributed by atoms with Gasteiger partial charge in [-0.3, -0.25) is 0 Å². The summed E-state index contributed by atoms with van der Waals surface area (Å²) in [6.07, 6.45) is 16.7. The molecule has 0 bridgehead atoms. The van der Waals surface area contributed by atoms with Crippen molar-refractivity contribution in [3.8, 4) is 0 Å². The normalized spacial score (nSPS) is 29.3. The van der Waals surface area contributed by atoms with Gasteiger partial charge in [0.15, 0.2) is 25.0 Å². The Kier molecular flexibility index (Phi) is 17.0. The van der Waals surface area contributed by atoms with Crippen molar-refractivity contribution in [2.24, 2.45) is 23.2 Å². The highest BCUT2D eigenvalue weighted by atomic mass is 28.4. The molecule has 3 fully saturated rings. The van der Waals surface area contributed by atoms with E-state index in [9.17, 15) is 5.11 Å². The number of rotatable bonds is 17. The molecule has 0 aliphatic heterocycles. The van der Waals surface area contributed by atoms with Crippen LogP contribution in [0.25, 0.3) is 0 Å². The van der Waals surface area contributed by atoms with Gasteiger partial charge in [-0.1, -0.05) is 113 Å². The first-order valence-electron chi connectivity index (χ1n) is 23.2. The Morgan fingerprint density at radius 1 is 0.789 bits per heavy atom. The highest BCUT2D eigenvalue weighted by molar-refractivity contribution is 6.75. The van der Waals surface area contributed by atoms with Crippen LogP contribution in [0.2, 0.25) is 54.4 Å². The zero-order valence-corrected chi connectivity index (χ0v) is 44.1. The van der Waals surface area contributed by atoms with Crippen LogP contribution >= 0.6 is 0 Å². The van der Waals surface area contributed by atoms with Crippen molar-refractivity contribution in [2.45, 2.75) is 239 Å². The lowest BCUT2D eigenvalue weighted by Gasteiger charge is -2.49. The van der Waals surface area contributed by atoms with Crippen molar-refractivity contribution in [2.75, 3.05) is 13.2 Å². The van der Waals surface area contributed by atoms with E-state index in [1.54, 1.807) is 5.57 Å². The zero-order chi connectivity index (χ0) is 43.6. The number of allylic oxidation sites excluding steroid dienone is 3. The second-order valence-corrected chi connectivity index (χ2v) is 38.6. The van der Waals surface area contributed by atoms with Gasteiger partial charge < -0.3 is 23.1 Å². The van der Waals surface area contributed by atoms with Crippen LogP contribution in [0.3, 0.4) is 0 Å². The summed E-state index contributed by atoms with van der Waals surface area (Å²) in [6.45, 7) is 50.4. The molecule has 0 aromatic heterocycles. The molecule has 0 saturated heterocycles. The van der Waals surface area contributed by atoms with E-state index in [1.807, 2.05) is 13.8 Å². The molecule has 3 saturated carbocycles. The second-order valence-electron chi connectivity index (χ2n) is 24.3. The maximum absolute atomic E-state index is 10.4. The van der Waals surface area contributed by atoms with E-state index in [0.29, 0.717) is 23.9 Å². The van der Waals surface area contributed by atoms with Crippen LogP contribution in [0.1, 0.15) is 161 Å². The third kappa shape index (κ3) is 13.1. The zero-order valence-electron chi connectivity index (χ0n) is 41.1. The molecule has 3 rings (SSSR count). The number of hydrogen-bond donors (Lipinski definition) is 1. The van der Waals surface area contributed by atoms with E-state index < -0.39 is 30.6 Å². The third-order valence-electron chi connectivity index (χ3n) is 16.1. The Bertz CT molecular complexity index is 1380. The Hall–Kier alpha value is -0.329. The fraction of sp³-hybridized carbons (Fsp3) is 0.878. The lowest BCUT2D eigenvalue weighted by atomic mass is 9.60. The molecule has 0 aromatic rings. The van der Waals surface area contributed by atoms with Gasteiger partial charge in [0.2, 0.25) is 0 Å². The first-order chi connectivity index (χ1) is 25.7. The number of fused-ring (bicyclic) bond motifs is 1. The summed E-state index contributed by atoms with van der Waals surface area (Å²) in [5, 5.41) is 10.7. The molecule has 0 heterocycles. The Morgan fingerprint density at radius 2 is 1.35 bits per heavy atom. The fourth-order valence-electron chi connectivity index (χ4n) is 9.15. The summed E-state index contributed by atoms with van der Waals surface area (Å²) < 4.78 is 28.4. The van der Waals surface area contributed by atoms with Crippen molar-refractivity contribution >= 4 is 25.0 Å². The fourth-order valence-corrected chi connectivity index (χ4v) is 12.8. The molecule has 1 N–H and O–H groups in total. The summed E-state index contributed by atoms with van der Waals surface area (Å²) in [5.41, 5.74) is 3.77. The topological polar surface area (TPSA) is 57.2 Å². The molecular formula is C49H94O5Si3. The Morgan fingerprint density at radius 3 is 1.91 bits per heavy atom. The van der Waals surface area contributed by atoms with Crippen LogP contribution in [0.5, 0.6) is 0 Å². The maximum atomic E-state index is 10.4. The standard InChI is InChI=1S/C49H94O5Si3/c1-36(25-23-31-48(12,13)50)40-29-30-41-38(26-24-32-49(40,41)14)27-28-39-35-42(53-56(17,18)46(6,7)8)44(43(37(39)2)54-57(19,20)47(9,10)11)51-33-21-22-34-52-55(15,16)45(3,4)5/h27-28,36,40-44,50H,2,21-26,29-35H2,1,3-20H3/b38-27+,39-28-/t36-,40-,41+,42-,43-,44+,49-/m1/s1. The molecule has 0 unspecified atom stereocenters. The molecule has 57 heavy (non-hydrogen) atoms. The lowest BCUT2D eigenvalue weighted by molar-refractivity contribution is -0.0870. The second kappa shape index (κ2) is 19.0. The van der Waals surface area contributed by atoms with E-state index in [1.165, 1.54) is 44.1 Å². The van der Waals surface area contributed by atoms with Crippen LogP contribution in [0.4, 0.5) is 0 Å². The summed E-state index contributed by atoms with van der Waals surface area (Å²) in [6, 6.07) is 0. The van der Waals surface area contributed by atoms with Gasteiger partial charge in [0, 0.05) is 19.6 Å². The number of unbranched alkanes of at least 4 members (excludes halogenated alkanes) is 1. The van der Waals surface area contributed by atoms with Crippen LogP contribution in [0.15, 0.2) is 35.5 Å². The summed E-state index contributed by atoms with van der Waals surface area (Å²) in [5.74, 6) is 2.06. The van der Waals surface area contributed by atoms with Crippen LogP contribution < -0.4 is 0 Å². The predicted molar refractivity (Wildman–Crippen MR) is 254 cm³/mol. The van der Waals surface area contributed by atoms with E-state index in [0.717, 1.165) is 50.2 Å². The Labute approximate surface area is 357 Å². The van der Waals surface area contributed by atoms with Crippen LogP contribution in [-0.4, -0.2) is 67.2 Å².